The van der Waals surface area contributed by atoms with Gasteiger partial charge in [-0.25, -0.2) is 0 Å². The van der Waals surface area contributed by atoms with Gasteiger partial charge in [0.2, 0.25) is 0 Å². The standard InChI is InChI=1S/C26H20NOS2.C15H28O2.Ir/c1-14-13-28-19-6-5-17-22-20(30-25(17)21(14)19)7-9-27-23(22)16-11-15-8-10-29-24(15)18(12-16)26(2,3)4;1-7-14(5,8-2)12(16)11-13(17)15(6,9-3)10-4;/h5-10,12-13H,1-4H3;11,16H,7-10H2,1-6H3;/q-1;;/b;12-11-;. The van der Waals surface area contributed by atoms with Gasteiger partial charge in [0.25, 0.3) is 0 Å². The minimum atomic E-state index is -0.337. The topological polar surface area (TPSA) is 63.3 Å². The second kappa shape index (κ2) is 14.6. The second-order valence-corrected chi connectivity index (χ2v) is 16.3. The van der Waals surface area contributed by atoms with Crippen LogP contribution in [0.1, 0.15) is 99.1 Å². The van der Waals surface area contributed by atoms with Crippen molar-refractivity contribution in [3.8, 4) is 11.3 Å². The van der Waals surface area contributed by atoms with Crippen molar-refractivity contribution in [3.05, 3.63) is 77.2 Å². The molecule has 1 radical (unpaired) electrons. The third-order valence-electron chi connectivity index (χ3n) is 10.4. The van der Waals surface area contributed by atoms with Gasteiger partial charge in [-0.1, -0.05) is 73.4 Å². The van der Waals surface area contributed by atoms with Gasteiger partial charge in [0.05, 0.1) is 6.26 Å². The van der Waals surface area contributed by atoms with Gasteiger partial charge in [-0.3, -0.25) is 9.78 Å². The molecular weight excluding hydrogens is 811 g/mol. The molecule has 4 aromatic heterocycles. The van der Waals surface area contributed by atoms with Crippen LogP contribution in [0.15, 0.2) is 64.4 Å². The Morgan fingerprint density at radius 2 is 1.60 bits per heavy atom. The third kappa shape index (κ3) is 6.94. The van der Waals surface area contributed by atoms with Crippen LogP contribution in [-0.2, 0) is 30.3 Å². The number of rotatable bonds is 8. The number of aryl methyl sites for hydroxylation is 1. The summed E-state index contributed by atoms with van der Waals surface area (Å²) < 4.78 is 9.59. The molecule has 2 aromatic carbocycles. The molecule has 1 N–H and O–H groups in total. The normalized spacial score (nSPS) is 12.8. The SMILES string of the molecule is CCC(C)(CC)C(=O)/C=C(\O)C(C)(CC)CC.Cc1coc2ccc3c(sc4ccnc(-c5[c-]c6ccsc6c(C(C)(C)C)c5)c43)c12.[Ir]. The van der Waals surface area contributed by atoms with E-state index < -0.39 is 0 Å². The molecule has 0 fully saturated rings. The van der Waals surface area contributed by atoms with E-state index in [1.54, 1.807) is 11.3 Å². The first-order valence-electron chi connectivity index (χ1n) is 16.8. The molecule has 0 saturated carbocycles. The first-order valence-corrected chi connectivity index (χ1v) is 18.5. The Labute approximate surface area is 307 Å². The number of hydrogen-bond acceptors (Lipinski definition) is 6. The van der Waals surface area contributed by atoms with Crippen molar-refractivity contribution in [1.82, 2.24) is 4.98 Å². The summed E-state index contributed by atoms with van der Waals surface area (Å²) in [4.78, 5) is 17.0. The molecule has 0 aliphatic rings. The summed E-state index contributed by atoms with van der Waals surface area (Å²) in [6, 6.07) is 14.5. The molecule has 0 saturated heterocycles. The molecule has 48 heavy (non-hydrogen) atoms. The number of nitrogens with zero attached hydrogens (tertiary/aromatic N) is 1. The van der Waals surface area contributed by atoms with Crippen molar-refractivity contribution < 1.29 is 34.4 Å². The summed E-state index contributed by atoms with van der Waals surface area (Å²) >= 11 is 3.62. The number of aliphatic hydroxyl groups is 1. The Kier molecular flexibility index (Phi) is 11.5. The van der Waals surface area contributed by atoms with E-state index >= 15 is 0 Å². The van der Waals surface area contributed by atoms with E-state index in [0.29, 0.717) is 0 Å². The van der Waals surface area contributed by atoms with Crippen LogP contribution in [0.25, 0.3) is 52.5 Å². The van der Waals surface area contributed by atoms with E-state index in [9.17, 15) is 9.90 Å². The number of aliphatic hydroxyl groups excluding tert-OH is 1. The number of thiophene rings is 2. The minimum absolute atomic E-state index is 0. The number of furan rings is 1. The Hall–Kier alpha value is -2.83. The van der Waals surface area contributed by atoms with E-state index in [2.05, 4.69) is 69.5 Å². The molecule has 257 valence electrons. The van der Waals surface area contributed by atoms with Gasteiger partial charge in [-0.05, 0) is 82.6 Å². The van der Waals surface area contributed by atoms with Crippen LogP contribution >= 0.6 is 22.7 Å². The first-order chi connectivity index (χ1) is 22.2. The van der Waals surface area contributed by atoms with Gasteiger partial charge in [0.15, 0.2) is 5.78 Å². The monoisotopic (exact) mass is 859 g/mol. The molecule has 6 rings (SSSR count). The van der Waals surface area contributed by atoms with Gasteiger partial charge >= 0.3 is 0 Å². The van der Waals surface area contributed by atoms with Crippen molar-refractivity contribution in [1.29, 1.82) is 0 Å². The van der Waals surface area contributed by atoms with Crippen LogP contribution in [0.5, 0.6) is 0 Å². The van der Waals surface area contributed by atoms with Gasteiger partial charge in [0.1, 0.15) is 11.3 Å². The Balaban J connectivity index is 0.000000251. The maximum absolute atomic E-state index is 12.2. The molecule has 0 spiro atoms. The molecule has 4 heterocycles. The summed E-state index contributed by atoms with van der Waals surface area (Å²) in [7, 11) is 0. The predicted molar refractivity (Wildman–Crippen MR) is 203 cm³/mol. The predicted octanol–water partition coefficient (Wildman–Crippen LogP) is 13.1. The molecule has 0 bridgehead atoms. The third-order valence-corrected chi connectivity index (χ3v) is 12.5. The summed E-state index contributed by atoms with van der Waals surface area (Å²) in [6.45, 7) is 21.0. The fourth-order valence-corrected chi connectivity index (χ4v) is 8.41. The maximum atomic E-state index is 12.2. The quantitative estimate of drug-likeness (QED) is 0.0941. The molecular formula is C41H48IrNO3S2-. The maximum Gasteiger partial charge on any atom is 0.164 e. The molecule has 0 atom stereocenters. The van der Waals surface area contributed by atoms with Crippen LogP contribution < -0.4 is 0 Å². The molecule has 7 heteroatoms. The summed E-state index contributed by atoms with van der Waals surface area (Å²) in [5.41, 5.74) is 5.01. The van der Waals surface area contributed by atoms with Crippen molar-refractivity contribution in [2.75, 3.05) is 0 Å². The van der Waals surface area contributed by atoms with Gasteiger partial charge < -0.3 is 9.52 Å². The number of ketones is 1. The average Bonchev–Trinajstić information content (AvgIpc) is 3.79. The van der Waals surface area contributed by atoms with E-state index in [0.717, 1.165) is 42.5 Å². The summed E-state index contributed by atoms with van der Waals surface area (Å²) in [5, 5.41) is 17.1. The number of aromatic nitrogens is 1. The number of carbonyl (C=O) groups excluding carboxylic acids is 1. The zero-order valence-corrected chi connectivity index (χ0v) is 33.9. The number of pyridine rings is 1. The first kappa shape index (κ1) is 38.0. The number of carbonyl (C=O) groups is 1. The van der Waals surface area contributed by atoms with Crippen LogP contribution in [-0.4, -0.2) is 15.9 Å². The van der Waals surface area contributed by atoms with Gasteiger partial charge in [-0.15, -0.1) is 34.9 Å². The molecule has 6 aromatic rings. The molecule has 0 aliphatic heterocycles. The van der Waals surface area contributed by atoms with Crippen LogP contribution in [0, 0.1) is 23.8 Å². The van der Waals surface area contributed by atoms with Crippen LogP contribution in [0.4, 0.5) is 0 Å². The van der Waals surface area contributed by atoms with E-state index in [1.807, 2.05) is 65.3 Å². The van der Waals surface area contributed by atoms with E-state index in [1.165, 1.54) is 52.8 Å². The Bertz CT molecular complexity index is 2100. The summed E-state index contributed by atoms with van der Waals surface area (Å²) in [6.07, 6.45) is 8.53. The number of benzene rings is 2. The number of fused-ring (bicyclic) bond motifs is 6. The van der Waals surface area contributed by atoms with E-state index in [-0.39, 0.29) is 47.9 Å². The van der Waals surface area contributed by atoms with Gasteiger partial charge in [0, 0.05) is 63.7 Å². The molecule has 0 amide bonds. The Morgan fingerprint density at radius 3 is 2.23 bits per heavy atom. The molecule has 0 aliphatic carbocycles. The summed E-state index contributed by atoms with van der Waals surface area (Å²) in [5.74, 6) is 0.286. The fourth-order valence-electron chi connectivity index (χ4n) is 6.03. The zero-order chi connectivity index (χ0) is 34.3. The molecule has 4 nitrogen and oxygen atoms in total. The Morgan fingerprint density at radius 1 is 0.938 bits per heavy atom. The van der Waals surface area contributed by atoms with Crippen molar-refractivity contribution in [3.63, 3.8) is 0 Å². The largest absolute Gasteiger partial charge is 0.512 e. The van der Waals surface area contributed by atoms with Crippen molar-refractivity contribution >= 4 is 69.7 Å². The fraction of sp³-hybridized carbons (Fsp3) is 0.415. The second-order valence-electron chi connectivity index (χ2n) is 14.3. The zero-order valence-electron chi connectivity index (χ0n) is 29.9. The number of hydrogen-bond donors (Lipinski definition) is 1. The minimum Gasteiger partial charge on any atom is -0.512 e. The van der Waals surface area contributed by atoms with Crippen molar-refractivity contribution in [2.45, 2.75) is 100 Å². The smallest absolute Gasteiger partial charge is 0.164 e. The van der Waals surface area contributed by atoms with Gasteiger partial charge in [-0.2, -0.15) is 11.3 Å². The van der Waals surface area contributed by atoms with Crippen LogP contribution in [0.2, 0.25) is 0 Å². The van der Waals surface area contributed by atoms with Crippen molar-refractivity contribution in [2.24, 2.45) is 10.8 Å². The average molecular weight is 859 g/mol. The van der Waals surface area contributed by atoms with Crippen LogP contribution in [0.3, 0.4) is 0 Å². The van der Waals surface area contributed by atoms with E-state index in [4.69, 9.17) is 9.40 Å². The molecule has 0 unspecified atom stereocenters. The number of allylic oxidation sites excluding steroid dienone is 2.